The summed E-state index contributed by atoms with van der Waals surface area (Å²) in [5.41, 5.74) is 2.72. The second kappa shape index (κ2) is 6.95. The van der Waals surface area contributed by atoms with Gasteiger partial charge in [0, 0.05) is 28.8 Å². The van der Waals surface area contributed by atoms with E-state index in [0.717, 1.165) is 23.9 Å². The summed E-state index contributed by atoms with van der Waals surface area (Å²) in [5.74, 6) is 0. The van der Waals surface area contributed by atoms with Gasteiger partial charge in [0.1, 0.15) is 4.90 Å². The summed E-state index contributed by atoms with van der Waals surface area (Å²) < 4.78 is 27.9. The van der Waals surface area contributed by atoms with Gasteiger partial charge in [-0.05, 0) is 61.7 Å². The molecule has 0 unspecified atom stereocenters. The number of nitrogens with one attached hydrogen (secondary N) is 3. The second-order valence-electron chi connectivity index (χ2n) is 6.61. The number of anilines is 1. The fraction of sp³-hybridized carbons (Fsp3) is 0.263. The van der Waals surface area contributed by atoms with Crippen molar-refractivity contribution in [3.8, 4) is 0 Å². The highest BCUT2D eigenvalue weighted by Gasteiger charge is 2.19. The van der Waals surface area contributed by atoms with E-state index in [-0.39, 0.29) is 9.92 Å². The largest absolute Gasteiger partial charge is 0.361 e. The fourth-order valence-corrected chi connectivity index (χ4v) is 5.05. The SMILES string of the molecule is O=S(=O)(Nc1ccc2[nH]cc(C[C@H]3CCCN3)c2c1)c1ccccc1Cl. The lowest BCUT2D eigenvalue weighted by atomic mass is 10.0. The van der Waals surface area contributed by atoms with Crippen LogP contribution in [0.1, 0.15) is 18.4 Å². The van der Waals surface area contributed by atoms with Crippen LogP contribution in [0.3, 0.4) is 0 Å². The van der Waals surface area contributed by atoms with E-state index < -0.39 is 10.0 Å². The first-order chi connectivity index (χ1) is 12.5. The molecule has 0 spiro atoms. The van der Waals surface area contributed by atoms with Gasteiger partial charge in [0.25, 0.3) is 10.0 Å². The Balaban J connectivity index is 1.63. The van der Waals surface area contributed by atoms with Crippen molar-refractivity contribution >= 4 is 38.2 Å². The summed E-state index contributed by atoms with van der Waals surface area (Å²) in [7, 11) is -3.74. The summed E-state index contributed by atoms with van der Waals surface area (Å²) in [5, 5.41) is 4.74. The molecule has 136 valence electrons. The summed E-state index contributed by atoms with van der Waals surface area (Å²) in [6.45, 7) is 1.07. The average molecular weight is 390 g/mol. The number of aromatic amines is 1. The van der Waals surface area contributed by atoms with Gasteiger partial charge in [0.05, 0.1) is 5.02 Å². The number of H-pyrrole nitrogens is 1. The Morgan fingerprint density at radius 3 is 2.81 bits per heavy atom. The van der Waals surface area contributed by atoms with E-state index in [4.69, 9.17) is 11.6 Å². The molecule has 4 rings (SSSR count). The van der Waals surface area contributed by atoms with Crippen molar-refractivity contribution < 1.29 is 8.42 Å². The van der Waals surface area contributed by atoms with E-state index in [1.54, 1.807) is 24.3 Å². The number of sulfonamides is 1. The highest BCUT2D eigenvalue weighted by molar-refractivity contribution is 7.92. The predicted octanol–water partition coefficient (Wildman–Crippen LogP) is 3.92. The third-order valence-electron chi connectivity index (χ3n) is 4.77. The van der Waals surface area contributed by atoms with Gasteiger partial charge in [-0.1, -0.05) is 23.7 Å². The molecule has 26 heavy (non-hydrogen) atoms. The molecule has 3 aromatic rings. The molecule has 1 aliphatic heterocycles. The number of halogens is 1. The quantitative estimate of drug-likeness (QED) is 0.619. The number of rotatable bonds is 5. The monoisotopic (exact) mass is 389 g/mol. The minimum Gasteiger partial charge on any atom is -0.361 e. The number of benzene rings is 2. The number of aromatic nitrogens is 1. The molecule has 0 radical (unpaired) electrons. The first-order valence-corrected chi connectivity index (χ1v) is 10.5. The molecule has 1 aromatic heterocycles. The molecule has 1 fully saturated rings. The minimum atomic E-state index is -3.74. The van der Waals surface area contributed by atoms with Crippen LogP contribution in [-0.4, -0.2) is 26.0 Å². The Kier molecular flexibility index (Phi) is 4.65. The molecule has 1 aliphatic rings. The molecule has 2 heterocycles. The van der Waals surface area contributed by atoms with E-state index in [2.05, 4.69) is 15.0 Å². The van der Waals surface area contributed by atoms with Gasteiger partial charge >= 0.3 is 0 Å². The fourth-order valence-electron chi connectivity index (χ4n) is 3.48. The third kappa shape index (κ3) is 3.45. The van der Waals surface area contributed by atoms with Crippen LogP contribution in [0.15, 0.2) is 53.6 Å². The Bertz CT molecular complexity index is 1040. The van der Waals surface area contributed by atoms with Crippen molar-refractivity contribution in [1.29, 1.82) is 0 Å². The first-order valence-electron chi connectivity index (χ1n) is 8.64. The van der Waals surface area contributed by atoms with E-state index in [9.17, 15) is 8.42 Å². The van der Waals surface area contributed by atoms with Crippen molar-refractivity contribution in [3.05, 3.63) is 59.2 Å². The highest BCUT2D eigenvalue weighted by Crippen LogP contribution is 2.27. The zero-order valence-corrected chi connectivity index (χ0v) is 15.7. The van der Waals surface area contributed by atoms with Gasteiger partial charge < -0.3 is 10.3 Å². The minimum absolute atomic E-state index is 0.0752. The van der Waals surface area contributed by atoms with Gasteiger partial charge in [0.2, 0.25) is 0 Å². The molecule has 0 amide bonds. The van der Waals surface area contributed by atoms with Crippen molar-refractivity contribution in [3.63, 3.8) is 0 Å². The second-order valence-corrected chi connectivity index (χ2v) is 8.67. The lowest BCUT2D eigenvalue weighted by molar-refractivity contribution is 0.601. The predicted molar refractivity (Wildman–Crippen MR) is 105 cm³/mol. The van der Waals surface area contributed by atoms with Gasteiger partial charge in [-0.2, -0.15) is 0 Å². The molecule has 7 heteroatoms. The average Bonchev–Trinajstić information content (AvgIpc) is 3.25. The van der Waals surface area contributed by atoms with Crippen LogP contribution < -0.4 is 10.0 Å². The maximum Gasteiger partial charge on any atom is 0.263 e. The van der Waals surface area contributed by atoms with E-state index in [0.29, 0.717) is 11.7 Å². The van der Waals surface area contributed by atoms with E-state index in [1.165, 1.54) is 24.5 Å². The maximum atomic E-state index is 12.6. The third-order valence-corrected chi connectivity index (χ3v) is 6.66. The van der Waals surface area contributed by atoms with Crippen LogP contribution >= 0.6 is 11.6 Å². The summed E-state index contributed by atoms with van der Waals surface area (Å²) in [6.07, 6.45) is 5.32. The Hall–Kier alpha value is -2.02. The normalized spacial score (nSPS) is 17.7. The van der Waals surface area contributed by atoms with Gasteiger partial charge in [-0.3, -0.25) is 4.72 Å². The number of hydrogen-bond acceptors (Lipinski definition) is 3. The van der Waals surface area contributed by atoms with Crippen LogP contribution in [0.25, 0.3) is 10.9 Å². The van der Waals surface area contributed by atoms with Crippen LogP contribution in [0.5, 0.6) is 0 Å². The van der Waals surface area contributed by atoms with Gasteiger partial charge in [-0.25, -0.2) is 8.42 Å². The molecule has 0 saturated carbocycles. The van der Waals surface area contributed by atoms with Gasteiger partial charge in [0.15, 0.2) is 0 Å². The van der Waals surface area contributed by atoms with Crippen LogP contribution in [-0.2, 0) is 16.4 Å². The summed E-state index contributed by atoms with van der Waals surface area (Å²) in [4.78, 5) is 3.34. The molecule has 3 N–H and O–H groups in total. The maximum absolute atomic E-state index is 12.6. The zero-order valence-electron chi connectivity index (χ0n) is 14.1. The van der Waals surface area contributed by atoms with Gasteiger partial charge in [-0.15, -0.1) is 0 Å². The van der Waals surface area contributed by atoms with E-state index >= 15 is 0 Å². The molecule has 1 atom stereocenters. The molecule has 2 aromatic carbocycles. The van der Waals surface area contributed by atoms with Crippen molar-refractivity contribution in [2.45, 2.75) is 30.2 Å². The molecular weight excluding hydrogens is 370 g/mol. The van der Waals surface area contributed by atoms with E-state index in [1.807, 2.05) is 18.3 Å². The Morgan fingerprint density at radius 2 is 2.04 bits per heavy atom. The van der Waals surface area contributed by atoms with Crippen LogP contribution in [0, 0.1) is 0 Å². The molecular formula is C19H20ClN3O2S. The topological polar surface area (TPSA) is 74.0 Å². The lowest BCUT2D eigenvalue weighted by Crippen LogP contribution is -2.23. The molecule has 0 bridgehead atoms. The summed E-state index contributed by atoms with van der Waals surface area (Å²) in [6, 6.07) is 12.4. The summed E-state index contributed by atoms with van der Waals surface area (Å²) >= 11 is 6.04. The van der Waals surface area contributed by atoms with Crippen LogP contribution in [0.2, 0.25) is 5.02 Å². The zero-order chi connectivity index (χ0) is 18.1. The van der Waals surface area contributed by atoms with Crippen molar-refractivity contribution in [1.82, 2.24) is 10.3 Å². The highest BCUT2D eigenvalue weighted by atomic mass is 35.5. The molecule has 5 nitrogen and oxygen atoms in total. The Morgan fingerprint density at radius 1 is 1.19 bits per heavy atom. The smallest absolute Gasteiger partial charge is 0.263 e. The lowest BCUT2D eigenvalue weighted by Gasteiger charge is -2.11. The number of hydrogen-bond donors (Lipinski definition) is 3. The van der Waals surface area contributed by atoms with Crippen molar-refractivity contribution in [2.24, 2.45) is 0 Å². The first kappa shape index (κ1) is 17.4. The van der Waals surface area contributed by atoms with Crippen molar-refractivity contribution in [2.75, 3.05) is 11.3 Å². The molecule has 0 aliphatic carbocycles. The Labute approximate surface area is 157 Å². The number of fused-ring (bicyclic) bond motifs is 1. The van der Waals surface area contributed by atoms with Crippen LogP contribution in [0.4, 0.5) is 5.69 Å². The standard InChI is InChI=1S/C19H20ClN3O2S/c20-17-5-1-2-6-19(17)26(24,25)23-15-7-8-18-16(11-15)13(12-22-18)10-14-4-3-9-21-14/h1-2,5-8,11-12,14,21-23H,3-4,9-10H2/t14-/m1/s1. The molecule has 1 saturated heterocycles.